The van der Waals surface area contributed by atoms with Crippen LogP contribution in [-0.2, 0) is 9.59 Å². The zero-order valence-electron chi connectivity index (χ0n) is 41.4. The van der Waals surface area contributed by atoms with Crippen LogP contribution >= 0.6 is 23.2 Å². The highest BCUT2D eigenvalue weighted by atomic mass is 35.5. The van der Waals surface area contributed by atoms with E-state index in [9.17, 15) is 24.4 Å². The summed E-state index contributed by atoms with van der Waals surface area (Å²) in [7, 11) is 2.95. The van der Waals surface area contributed by atoms with Gasteiger partial charge in [0.25, 0.3) is 11.8 Å². The largest absolute Gasteiger partial charge is 0.495 e. The number of carbonyl (C=O) groups excluding carboxylic acids is 4. The van der Waals surface area contributed by atoms with Crippen LogP contribution < -0.4 is 29.7 Å². The molecule has 0 saturated carbocycles. The molecule has 0 spiro atoms. The summed E-state index contributed by atoms with van der Waals surface area (Å²) in [5.74, 6) is -4.81. The van der Waals surface area contributed by atoms with Gasteiger partial charge in [-0.25, -0.2) is 4.39 Å². The predicted molar refractivity (Wildman–Crippen MR) is 230 cm³/mol. The smallest absolute Gasteiger partial charge is 0.265 e. The van der Waals surface area contributed by atoms with Gasteiger partial charge in [-0.05, 0) is 69.0 Å². The standard InChI is InChI=1S/C44H45Cl2FN8O7/c1-60-35-21-32(29(45)19-30(35)46)50-41-26(22-48)23-49-31-20-37(36(61-2)18-28(31)41)62-17-3-10-52-11-8-25(9-12-52)24-53-13-15-54(16-14-53)33-5-4-27-39(40(33)47)44(59)55(43(27)58)34-6-7-38(56)51-42(34)57/h4-5,18-21,23,25,34H,3,6-17,24H2,1-2H3,(H,49,50)(H,51,56,57)/i13D2,14D2,15D2,16D2. The summed E-state index contributed by atoms with van der Waals surface area (Å²) < 4.78 is 106. The van der Waals surface area contributed by atoms with Crippen LogP contribution in [0.4, 0.5) is 21.5 Å². The lowest BCUT2D eigenvalue weighted by Crippen LogP contribution is -2.54. The van der Waals surface area contributed by atoms with Gasteiger partial charge < -0.3 is 29.3 Å². The van der Waals surface area contributed by atoms with E-state index in [1.165, 1.54) is 26.5 Å². The third-order valence-corrected chi connectivity index (χ3v) is 11.8. The number of anilines is 3. The predicted octanol–water partition coefficient (Wildman–Crippen LogP) is 6.02. The highest BCUT2D eigenvalue weighted by molar-refractivity contribution is 6.37. The number of ether oxygens (including phenoxy) is 3. The van der Waals surface area contributed by atoms with E-state index in [0.717, 1.165) is 12.1 Å². The van der Waals surface area contributed by atoms with E-state index < -0.39 is 90.8 Å². The Hall–Kier alpha value is -5.73. The molecule has 62 heavy (non-hydrogen) atoms. The average Bonchev–Trinajstić information content (AvgIpc) is 3.56. The molecule has 4 aliphatic heterocycles. The second-order valence-corrected chi connectivity index (χ2v) is 15.7. The van der Waals surface area contributed by atoms with Crippen LogP contribution in [-0.4, -0.2) is 122 Å². The van der Waals surface area contributed by atoms with E-state index in [1.807, 2.05) is 5.32 Å². The Labute approximate surface area is 378 Å². The number of aromatic nitrogens is 1. The minimum Gasteiger partial charge on any atom is -0.495 e. The second kappa shape index (κ2) is 18.3. The number of amides is 4. The third kappa shape index (κ3) is 8.54. The molecule has 3 saturated heterocycles. The SMILES string of the molecule is [2H]C1([2H])N(CC2CCN(CCCOc3cc4ncc(C#N)c(Nc5cc(OC)c(Cl)cc5Cl)c4cc3OC)CC2)C([2H])([2H])C([2H])([2H])N(c2ccc3c(c2F)C(=O)N(C2CCC(=O)NC2=O)C3=O)C1([2H])[2H]. The monoisotopic (exact) mass is 894 g/mol. The molecule has 4 aromatic rings. The van der Waals surface area contributed by atoms with E-state index in [4.69, 9.17) is 48.4 Å². The van der Waals surface area contributed by atoms with Crippen LogP contribution in [0.25, 0.3) is 10.9 Å². The Morgan fingerprint density at radius 3 is 2.42 bits per heavy atom. The number of piperazine rings is 1. The van der Waals surface area contributed by atoms with Crippen molar-refractivity contribution in [1.29, 1.82) is 5.26 Å². The first-order valence-electron chi connectivity index (χ1n) is 23.7. The van der Waals surface area contributed by atoms with Crippen LogP contribution in [0.5, 0.6) is 17.2 Å². The molecule has 1 unspecified atom stereocenters. The zero-order chi connectivity index (χ0) is 50.8. The molecule has 4 amide bonds. The van der Waals surface area contributed by atoms with E-state index in [-0.39, 0.29) is 29.9 Å². The number of methoxy groups -OCH3 is 2. The van der Waals surface area contributed by atoms with Crippen molar-refractivity contribution in [2.75, 3.05) is 83.2 Å². The Morgan fingerprint density at radius 1 is 0.952 bits per heavy atom. The first-order valence-corrected chi connectivity index (χ1v) is 20.4. The molecular weight excluding hydrogens is 842 g/mol. The molecule has 324 valence electrons. The maximum atomic E-state index is 16.6. The molecule has 18 heteroatoms. The highest BCUT2D eigenvalue weighted by Gasteiger charge is 2.46. The van der Waals surface area contributed by atoms with E-state index in [2.05, 4.69) is 21.3 Å². The van der Waals surface area contributed by atoms with Gasteiger partial charge in [0.05, 0.1) is 75.6 Å². The fraction of sp³-hybridized carbons (Fsp3) is 0.409. The van der Waals surface area contributed by atoms with Crippen LogP contribution in [0.15, 0.2) is 42.6 Å². The first kappa shape index (κ1) is 33.8. The number of fused-ring (bicyclic) bond motifs is 2. The van der Waals surface area contributed by atoms with E-state index in [0.29, 0.717) is 98.3 Å². The molecule has 0 radical (unpaired) electrons. The fourth-order valence-electron chi connectivity index (χ4n) is 7.90. The molecule has 15 nitrogen and oxygen atoms in total. The van der Waals surface area contributed by atoms with Crippen molar-refractivity contribution in [3.8, 4) is 23.3 Å². The number of nitriles is 1. The van der Waals surface area contributed by atoms with Crippen molar-refractivity contribution in [2.45, 2.75) is 38.1 Å². The van der Waals surface area contributed by atoms with Gasteiger partial charge >= 0.3 is 0 Å². The molecule has 5 heterocycles. The molecule has 0 bridgehead atoms. The van der Waals surface area contributed by atoms with Crippen molar-refractivity contribution >= 4 is 74.8 Å². The van der Waals surface area contributed by atoms with Gasteiger partial charge in [-0.3, -0.25) is 39.3 Å². The average molecular weight is 896 g/mol. The molecule has 2 N–H and O–H groups in total. The summed E-state index contributed by atoms with van der Waals surface area (Å²) in [6.07, 6.45) is 2.41. The molecule has 3 fully saturated rings. The zero-order valence-corrected chi connectivity index (χ0v) is 35.0. The van der Waals surface area contributed by atoms with Crippen LogP contribution in [0.1, 0.15) is 69.3 Å². The second-order valence-electron chi connectivity index (χ2n) is 14.9. The number of hydrogen-bond acceptors (Lipinski definition) is 13. The van der Waals surface area contributed by atoms with E-state index in [1.54, 1.807) is 18.2 Å². The summed E-state index contributed by atoms with van der Waals surface area (Å²) in [6.45, 7) is -12.1. The van der Waals surface area contributed by atoms with Gasteiger partial charge in [-0.1, -0.05) is 23.2 Å². The fourth-order valence-corrected chi connectivity index (χ4v) is 8.40. The normalized spacial score (nSPS) is 24.0. The number of nitrogens with one attached hydrogen (secondary N) is 2. The molecule has 1 aromatic heterocycles. The Kier molecular flexibility index (Phi) is 10.00. The third-order valence-electron chi connectivity index (χ3n) is 11.2. The number of piperidine rings is 2. The minimum atomic E-state index is -3.48. The van der Waals surface area contributed by atoms with Crippen molar-refractivity contribution in [3.05, 3.63) is 75.1 Å². The Balaban J connectivity index is 0.909. The Bertz CT molecular complexity index is 2840. The topological polar surface area (TPSA) is 170 Å². The number of halogens is 3. The maximum absolute atomic E-state index is 16.6. The van der Waals surface area contributed by atoms with Crippen LogP contribution in [0.3, 0.4) is 0 Å². The number of likely N-dealkylation sites (tertiary alicyclic amines) is 1. The van der Waals surface area contributed by atoms with Gasteiger partial charge in [-0.15, -0.1) is 0 Å². The lowest BCUT2D eigenvalue weighted by molar-refractivity contribution is -0.136. The van der Waals surface area contributed by atoms with Crippen molar-refractivity contribution in [1.82, 2.24) is 25.0 Å². The highest BCUT2D eigenvalue weighted by Crippen LogP contribution is 2.41. The molecule has 3 aromatic carbocycles. The quantitative estimate of drug-likeness (QED) is 0.118. The Morgan fingerprint density at radius 2 is 1.71 bits per heavy atom. The molecule has 0 aliphatic carbocycles. The summed E-state index contributed by atoms with van der Waals surface area (Å²) >= 11 is 12.7. The molecule has 1 atom stereocenters. The van der Waals surface area contributed by atoms with E-state index >= 15 is 4.39 Å². The minimum absolute atomic E-state index is 0.00333. The lowest BCUT2D eigenvalue weighted by atomic mass is 9.95. The molecular formula is C44H45Cl2FN8O7. The number of hydrogen-bond donors (Lipinski definition) is 2. The van der Waals surface area contributed by atoms with Gasteiger partial charge in [0.2, 0.25) is 11.8 Å². The number of pyridine rings is 1. The number of rotatable bonds is 13. The van der Waals surface area contributed by atoms with Crippen molar-refractivity contribution in [2.24, 2.45) is 5.92 Å². The van der Waals surface area contributed by atoms with Crippen molar-refractivity contribution in [3.63, 3.8) is 0 Å². The number of imide groups is 2. The number of nitrogens with zero attached hydrogens (tertiary/aromatic N) is 6. The van der Waals surface area contributed by atoms with Crippen molar-refractivity contribution < 1.29 is 48.7 Å². The maximum Gasteiger partial charge on any atom is 0.265 e. The number of carbonyl (C=O) groups is 4. The summed E-state index contributed by atoms with van der Waals surface area (Å²) in [5.41, 5.74) is -0.857. The van der Waals surface area contributed by atoms with Gasteiger partial charge in [0.1, 0.15) is 17.9 Å². The van der Waals surface area contributed by atoms with Crippen LogP contribution in [0.2, 0.25) is 10.0 Å². The summed E-state index contributed by atoms with van der Waals surface area (Å²) in [4.78, 5) is 58.7. The first-order chi connectivity index (χ1) is 33.0. The molecule has 8 rings (SSSR count). The van der Waals surface area contributed by atoms with Gasteiger partial charge in [0.15, 0.2) is 17.3 Å². The number of benzene rings is 3. The summed E-state index contributed by atoms with van der Waals surface area (Å²) in [6, 6.07) is 8.91. The summed E-state index contributed by atoms with van der Waals surface area (Å²) in [5, 5.41) is 16.3. The van der Waals surface area contributed by atoms with Crippen LogP contribution in [0, 0.1) is 23.1 Å². The molecule has 4 aliphatic rings. The lowest BCUT2D eigenvalue weighted by Gasteiger charge is -2.39. The van der Waals surface area contributed by atoms with Gasteiger partial charge in [-0.2, -0.15) is 5.26 Å². The van der Waals surface area contributed by atoms with Gasteiger partial charge in [0, 0.05) is 74.7 Å².